The van der Waals surface area contributed by atoms with E-state index >= 15 is 0 Å². The van der Waals surface area contributed by atoms with Crippen LogP contribution in [0.1, 0.15) is 31.9 Å². The van der Waals surface area contributed by atoms with Gasteiger partial charge in [0, 0.05) is 18.0 Å². The van der Waals surface area contributed by atoms with Crippen LogP contribution in [0.2, 0.25) is 5.02 Å². The lowest BCUT2D eigenvalue weighted by atomic mass is 9.86. The highest BCUT2D eigenvalue weighted by Crippen LogP contribution is 2.34. The summed E-state index contributed by atoms with van der Waals surface area (Å²) in [5, 5.41) is 5.00. The first-order chi connectivity index (χ1) is 8.34. The molecule has 1 heterocycles. The minimum absolute atomic E-state index is 0.0525. The van der Waals surface area contributed by atoms with Crippen molar-refractivity contribution in [1.29, 1.82) is 0 Å². The Kier molecular flexibility index (Phi) is 3.24. The van der Waals surface area contributed by atoms with E-state index in [9.17, 15) is 0 Å². The molecule has 0 saturated carbocycles. The molecule has 2 aromatic rings. The molecule has 3 heteroatoms. The van der Waals surface area contributed by atoms with Crippen LogP contribution in [-0.4, -0.2) is 12.0 Å². The number of rotatable bonds is 1. The number of halogens is 1. The third-order valence-corrected chi connectivity index (χ3v) is 3.64. The van der Waals surface area contributed by atoms with E-state index < -0.39 is 0 Å². The Hall–Kier alpha value is -1.28. The Morgan fingerprint density at radius 1 is 1.22 bits per heavy atom. The lowest BCUT2D eigenvalue weighted by molar-refractivity contribution is 0.591. The maximum atomic E-state index is 6.33. The van der Waals surface area contributed by atoms with Gasteiger partial charge in [-0.25, -0.2) is 4.98 Å². The van der Waals surface area contributed by atoms with Gasteiger partial charge in [-0.1, -0.05) is 44.5 Å². The maximum Gasteiger partial charge on any atom is 0.130 e. The predicted molar refractivity (Wildman–Crippen MR) is 79.7 cm³/mol. The zero-order valence-electron chi connectivity index (χ0n) is 11.6. The van der Waals surface area contributed by atoms with Gasteiger partial charge in [0.25, 0.3) is 0 Å². The second-order valence-corrected chi connectivity index (χ2v) is 6.03. The third kappa shape index (κ3) is 2.17. The summed E-state index contributed by atoms with van der Waals surface area (Å²) in [4.78, 5) is 4.68. The van der Waals surface area contributed by atoms with Gasteiger partial charge in [-0.15, -0.1) is 0 Å². The summed E-state index contributed by atoms with van der Waals surface area (Å²) in [6.07, 6.45) is 0. The van der Waals surface area contributed by atoms with Crippen molar-refractivity contribution in [1.82, 2.24) is 4.98 Å². The van der Waals surface area contributed by atoms with Crippen molar-refractivity contribution in [3.8, 4) is 0 Å². The SMILES string of the molecule is CNc1nc2c(Cl)c(C)ccc2cc1C(C)(C)C. The van der Waals surface area contributed by atoms with Gasteiger partial charge < -0.3 is 5.32 Å². The molecule has 1 aromatic heterocycles. The van der Waals surface area contributed by atoms with E-state index in [0.29, 0.717) is 0 Å². The van der Waals surface area contributed by atoms with Crippen molar-refractivity contribution < 1.29 is 0 Å². The van der Waals surface area contributed by atoms with Crippen molar-refractivity contribution in [3.05, 3.63) is 34.3 Å². The van der Waals surface area contributed by atoms with Crippen LogP contribution in [0.25, 0.3) is 10.9 Å². The monoisotopic (exact) mass is 262 g/mol. The summed E-state index contributed by atoms with van der Waals surface area (Å²) in [6, 6.07) is 6.30. The smallest absolute Gasteiger partial charge is 0.130 e. The quantitative estimate of drug-likeness (QED) is 0.816. The summed E-state index contributed by atoms with van der Waals surface area (Å²) in [7, 11) is 1.90. The summed E-state index contributed by atoms with van der Waals surface area (Å²) in [5.74, 6) is 0.905. The number of aromatic nitrogens is 1. The molecule has 1 aromatic carbocycles. The average molecular weight is 263 g/mol. The molecular weight excluding hydrogens is 244 g/mol. The van der Waals surface area contributed by atoms with Crippen LogP contribution in [0.3, 0.4) is 0 Å². The van der Waals surface area contributed by atoms with E-state index in [1.165, 1.54) is 5.56 Å². The van der Waals surface area contributed by atoms with E-state index in [-0.39, 0.29) is 5.41 Å². The molecule has 18 heavy (non-hydrogen) atoms. The Balaban J connectivity index is 2.81. The van der Waals surface area contributed by atoms with Gasteiger partial charge in [0.2, 0.25) is 0 Å². The minimum atomic E-state index is 0.0525. The molecule has 0 bridgehead atoms. The second-order valence-electron chi connectivity index (χ2n) is 5.65. The third-order valence-electron chi connectivity index (χ3n) is 3.16. The number of benzene rings is 1. The first kappa shape index (κ1) is 13.2. The normalized spacial score (nSPS) is 11.9. The topological polar surface area (TPSA) is 24.9 Å². The number of nitrogens with one attached hydrogen (secondary N) is 1. The van der Waals surface area contributed by atoms with E-state index in [1.807, 2.05) is 20.0 Å². The molecule has 0 atom stereocenters. The van der Waals surface area contributed by atoms with Crippen LogP contribution < -0.4 is 5.32 Å². The lowest BCUT2D eigenvalue weighted by Gasteiger charge is -2.23. The van der Waals surface area contributed by atoms with Crippen molar-refractivity contribution in [2.75, 3.05) is 12.4 Å². The number of pyridine rings is 1. The molecule has 0 aliphatic heterocycles. The molecule has 0 fully saturated rings. The summed E-state index contributed by atoms with van der Waals surface area (Å²) in [5.41, 5.74) is 3.19. The highest BCUT2D eigenvalue weighted by atomic mass is 35.5. The fraction of sp³-hybridized carbons (Fsp3) is 0.400. The van der Waals surface area contributed by atoms with Crippen LogP contribution >= 0.6 is 11.6 Å². The van der Waals surface area contributed by atoms with Gasteiger partial charge in [0.15, 0.2) is 0 Å². The number of hydrogen-bond donors (Lipinski definition) is 1. The molecule has 0 aliphatic carbocycles. The number of nitrogens with zero attached hydrogens (tertiary/aromatic N) is 1. The van der Waals surface area contributed by atoms with Gasteiger partial charge in [-0.05, 0) is 24.0 Å². The number of aryl methyl sites for hydroxylation is 1. The number of hydrogen-bond acceptors (Lipinski definition) is 2. The Morgan fingerprint density at radius 2 is 1.89 bits per heavy atom. The summed E-state index contributed by atoms with van der Waals surface area (Å²) < 4.78 is 0. The van der Waals surface area contributed by atoms with Crippen LogP contribution in [-0.2, 0) is 5.41 Å². The number of fused-ring (bicyclic) bond motifs is 1. The van der Waals surface area contributed by atoms with Crippen molar-refractivity contribution in [2.24, 2.45) is 0 Å². The zero-order valence-corrected chi connectivity index (χ0v) is 12.3. The van der Waals surface area contributed by atoms with Gasteiger partial charge in [-0.3, -0.25) is 0 Å². The molecule has 1 N–H and O–H groups in total. The van der Waals surface area contributed by atoms with Gasteiger partial charge in [0.05, 0.1) is 10.5 Å². The highest BCUT2D eigenvalue weighted by molar-refractivity contribution is 6.35. The first-order valence-corrected chi connectivity index (χ1v) is 6.50. The van der Waals surface area contributed by atoms with Gasteiger partial charge in [0.1, 0.15) is 5.82 Å². The molecule has 0 amide bonds. The largest absolute Gasteiger partial charge is 0.373 e. The molecule has 2 rings (SSSR count). The zero-order chi connectivity index (χ0) is 13.5. The molecule has 0 unspecified atom stereocenters. The lowest BCUT2D eigenvalue weighted by Crippen LogP contribution is -2.15. The Labute approximate surface area is 113 Å². The fourth-order valence-electron chi connectivity index (χ4n) is 2.07. The van der Waals surface area contributed by atoms with E-state index in [2.05, 4.69) is 43.2 Å². The standard InChI is InChI=1S/C15H19ClN2/c1-9-6-7-10-8-11(15(2,3)4)14(17-5)18-13(10)12(9)16/h6-8H,1-5H3,(H,17,18). The van der Waals surface area contributed by atoms with E-state index in [0.717, 1.165) is 27.3 Å². The average Bonchev–Trinajstić information content (AvgIpc) is 2.31. The molecule has 2 nitrogen and oxygen atoms in total. The molecule has 0 radical (unpaired) electrons. The maximum absolute atomic E-state index is 6.33. The minimum Gasteiger partial charge on any atom is -0.373 e. The Morgan fingerprint density at radius 3 is 2.44 bits per heavy atom. The fourth-order valence-corrected chi connectivity index (χ4v) is 2.28. The molecule has 0 saturated heterocycles. The molecule has 0 spiro atoms. The van der Waals surface area contributed by atoms with Crippen molar-refractivity contribution in [2.45, 2.75) is 33.1 Å². The van der Waals surface area contributed by atoms with Crippen molar-refractivity contribution >= 4 is 28.3 Å². The molecule has 96 valence electrons. The number of anilines is 1. The summed E-state index contributed by atoms with van der Waals surface area (Å²) in [6.45, 7) is 8.56. The highest BCUT2D eigenvalue weighted by Gasteiger charge is 2.20. The Bertz CT molecular complexity index is 597. The van der Waals surface area contributed by atoms with E-state index in [4.69, 9.17) is 11.6 Å². The van der Waals surface area contributed by atoms with Gasteiger partial charge in [-0.2, -0.15) is 0 Å². The molecule has 0 aliphatic rings. The van der Waals surface area contributed by atoms with Crippen LogP contribution in [0.4, 0.5) is 5.82 Å². The van der Waals surface area contributed by atoms with Crippen LogP contribution in [0.15, 0.2) is 18.2 Å². The van der Waals surface area contributed by atoms with E-state index in [1.54, 1.807) is 0 Å². The summed E-state index contributed by atoms with van der Waals surface area (Å²) >= 11 is 6.33. The predicted octanol–water partition coefficient (Wildman–Crippen LogP) is 4.54. The second kappa shape index (κ2) is 4.43. The molecular formula is C15H19ClN2. The van der Waals surface area contributed by atoms with Crippen LogP contribution in [0, 0.1) is 6.92 Å². The van der Waals surface area contributed by atoms with Gasteiger partial charge >= 0.3 is 0 Å². The first-order valence-electron chi connectivity index (χ1n) is 6.12. The van der Waals surface area contributed by atoms with Crippen LogP contribution in [0.5, 0.6) is 0 Å². The van der Waals surface area contributed by atoms with Crippen molar-refractivity contribution in [3.63, 3.8) is 0 Å².